The summed E-state index contributed by atoms with van der Waals surface area (Å²) in [5.74, 6) is -3.60. The number of alkyl halides is 2. The number of hydrogen-bond donors (Lipinski definition) is 1. The number of aliphatic hydroxyl groups is 1. The molecule has 0 radical (unpaired) electrons. The molecule has 0 aromatic heterocycles. The first-order valence-electron chi connectivity index (χ1n) is 14.1. The third kappa shape index (κ3) is 11.2. The highest BCUT2D eigenvalue weighted by Crippen LogP contribution is 2.44. The SMILES string of the molecule is CC(C)OC(=O)CCCC=CC[C@@H]1[C@H](C=CC(F)(F)COc2ccccc2)[C@H](O[Si](C)(C)C(C)(C)C)C[C@H]1O. The summed E-state index contributed by atoms with van der Waals surface area (Å²) in [5.41, 5.74) is 0. The number of hydrogen-bond acceptors (Lipinski definition) is 5. The normalized spacial score (nSPS) is 22.7. The number of unbranched alkanes of at least 4 members (excludes halogenated alkanes) is 1. The van der Waals surface area contributed by atoms with E-state index < -0.39 is 27.0 Å². The molecule has 4 atom stereocenters. The number of carbonyl (C=O) groups is 1. The van der Waals surface area contributed by atoms with Crippen molar-refractivity contribution in [3.8, 4) is 5.75 Å². The first-order chi connectivity index (χ1) is 18.1. The summed E-state index contributed by atoms with van der Waals surface area (Å²) in [4.78, 5) is 11.7. The molecule has 1 aromatic rings. The molecule has 1 aliphatic carbocycles. The molecule has 0 spiro atoms. The van der Waals surface area contributed by atoms with Crippen molar-refractivity contribution in [1.29, 1.82) is 0 Å². The van der Waals surface area contributed by atoms with Gasteiger partial charge in [0.1, 0.15) is 5.75 Å². The van der Waals surface area contributed by atoms with Crippen LogP contribution in [0.5, 0.6) is 5.75 Å². The van der Waals surface area contributed by atoms with E-state index in [1.807, 2.05) is 26.0 Å². The van der Waals surface area contributed by atoms with Gasteiger partial charge in [-0.2, -0.15) is 8.78 Å². The minimum absolute atomic E-state index is 0.0472. The van der Waals surface area contributed by atoms with Gasteiger partial charge in [-0.15, -0.1) is 0 Å². The molecule has 1 N–H and O–H groups in total. The van der Waals surface area contributed by atoms with E-state index in [4.69, 9.17) is 13.9 Å². The zero-order valence-electron chi connectivity index (χ0n) is 24.7. The highest BCUT2D eigenvalue weighted by atomic mass is 28.4. The van der Waals surface area contributed by atoms with Crippen LogP contribution in [-0.4, -0.2) is 50.2 Å². The van der Waals surface area contributed by atoms with E-state index >= 15 is 0 Å². The van der Waals surface area contributed by atoms with Gasteiger partial charge >= 0.3 is 5.97 Å². The number of benzene rings is 1. The number of ether oxygens (including phenoxy) is 2. The Bertz CT molecular complexity index is 940. The molecule has 0 unspecified atom stereocenters. The van der Waals surface area contributed by atoms with Crippen molar-refractivity contribution < 1.29 is 32.6 Å². The summed E-state index contributed by atoms with van der Waals surface area (Å²) >= 11 is 0. The van der Waals surface area contributed by atoms with Gasteiger partial charge in [-0.05, 0) is 81.8 Å². The van der Waals surface area contributed by atoms with Crippen LogP contribution in [-0.2, 0) is 14.0 Å². The van der Waals surface area contributed by atoms with Gasteiger partial charge in [0.25, 0.3) is 5.92 Å². The minimum Gasteiger partial charge on any atom is -0.487 e. The van der Waals surface area contributed by atoms with E-state index in [0.717, 1.165) is 6.08 Å². The standard InChI is InChI=1S/C31H48F2O5Si/c1-23(2)37-29(35)18-14-9-8-13-17-25-26(28(21-27(25)34)38-39(6,7)30(3,4)5)19-20-31(32,33)22-36-24-15-11-10-12-16-24/h8,10-13,15-16,19-20,23,25-28,34H,9,14,17-18,21-22H2,1-7H3/t25-,26+,27-,28-/m1/s1. The number of halogens is 2. The largest absolute Gasteiger partial charge is 0.487 e. The second kappa shape index (κ2) is 14.6. The lowest BCUT2D eigenvalue weighted by molar-refractivity contribution is -0.147. The lowest BCUT2D eigenvalue weighted by Gasteiger charge is -2.40. The molecule has 1 fully saturated rings. The monoisotopic (exact) mass is 566 g/mol. The van der Waals surface area contributed by atoms with Crippen LogP contribution in [0.15, 0.2) is 54.6 Å². The Kier molecular flexibility index (Phi) is 12.4. The Morgan fingerprint density at radius 1 is 1.15 bits per heavy atom. The number of carbonyl (C=O) groups excluding carboxylic acids is 1. The van der Waals surface area contributed by atoms with Crippen LogP contribution in [0.3, 0.4) is 0 Å². The van der Waals surface area contributed by atoms with Gasteiger partial charge in [-0.25, -0.2) is 0 Å². The highest BCUT2D eigenvalue weighted by molar-refractivity contribution is 6.74. The van der Waals surface area contributed by atoms with E-state index in [2.05, 4.69) is 33.9 Å². The topological polar surface area (TPSA) is 65.0 Å². The first-order valence-corrected chi connectivity index (χ1v) is 17.0. The van der Waals surface area contributed by atoms with Gasteiger partial charge < -0.3 is 19.0 Å². The van der Waals surface area contributed by atoms with Gasteiger partial charge in [-0.1, -0.05) is 57.2 Å². The maximum Gasteiger partial charge on any atom is 0.306 e. The Hall–Kier alpha value is -2.03. The van der Waals surface area contributed by atoms with Crippen LogP contribution in [0.1, 0.15) is 66.7 Å². The van der Waals surface area contributed by atoms with E-state index in [1.54, 1.807) is 30.3 Å². The Balaban J connectivity index is 2.10. The lowest BCUT2D eigenvalue weighted by atomic mass is 9.89. The maximum absolute atomic E-state index is 14.8. The minimum atomic E-state index is -3.17. The van der Waals surface area contributed by atoms with Crippen LogP contribution in [0.2, 0.25) is 18.1 Å². The van der Waals surface area contributed by atoms with Gasteiger partial charge in [0.05, 0.1) is 18.3 Å². The summed E-state index contributed by atoms with van der Waals surface area (Å²) in [5, 5.41) is 10.9. The zero-order chi connectivity index (χ0) is 29.3. The van der Waals surface area contributed by atoms with Crippen molar-refractivity contribution in [2.24, 2.45) is 11.8 Å². The average Bonchev–Trinajstić information content (AvgIpc) is 3.11. The summed E-state index contributed by atoms with van der Waals surface area (Å²) < 4.78 is 46.7. The molecule has 5 nitrogen and oxygen atoms in total. The summed E-state index contributed by atoms with van der Waals surface area (Å²) in [6.07, 6.45) is 7.96. The molecule has 1 aromatic carbocycles. The van der Waals surface area contributed by atoms with Crippen molar-refractivity contribution in [3.05, 3.63) is 54.6 Å². The predicted molar refractivity (Wildman–Crippen MR) is 155 cm³/mol. The first kappa shape index (κ1) is 33.2. The van der Waals surface area contributed by atoms with E-state index in [-0.39, 0.29) is 35.1 Å². The fourth-order valence-electron chi connectivity index (χ4n) is 4.42. The van der Waals surface area contributed by atoms with Crippen molar-refractivity contribution >= 4 is 14.3 Å². The third-order valence-electron chi connectivity index (χ3n) is 7.57. The molecular weight excluding hydrogens is 518 g/mol. The second-order valence-corrected chi connectivity index (χ2v) is 17.1. The molecule has 220 valence electrons. The summed E-state index contributed by atoms with van der Waals surface area (Å²) in [6.45, 7) is 13.6. The second-order valence-electron chi connectivity index (χ2n) is 12.3. The molecule has 2 rings (SSSR count). The summed E-state index contributed by atoms with van der Waals surface area (Å²) in [7, 11) is -2.20. The van der Waals surface area contributed by atoms with Crippen LogP contribution in [0.4, 0.5) is 8.78 Å². The Morgan fingerprint density at radius 3 is 2.44 bits per heavy atom. The number of esters is 1. The molecular formula is C31H48F2O5Si. The van der Waals surface area contributed by atoms with Crippen molar-refractivity contribution in [1.82, 2.24) is 0 Å². The average molecular weight is 567 g/mol. The molecule has 8 heteroatoms. The van der Waals surface area contributed by atoms with Crippen LogP contribution in [0, 0.1) is 11.8 Å². The number of para-hydroxylation sites is 1. The maximum atomic E-state index is 14.8. The molecule has 39 heavy (non-hydrogen) atoms. The van der Waals surface area contributed by atoms with Crippen molar-refractivity contribution in [3.63, 3.8) is 0 Å². The molecule has 0 bridgehead atoms. The van der Waals surface area contributed by atoms with Crippen molar-refractivity contribution in [2.45, 2.75) is 109 Å². The number of rotatable bonds is 14. The van der Waals surface area contributed by atoms with Crippen molar-refractivity contribution in [2.75, 3.05) is 6.61 Å². The number of aliphatic hydroxyl groups excluding tert-OH is 1. The fourth-order valence-corrected chi connectivity index (χ4v) is 5.78. The van der Waals surface area contributed by atoms with E-state index in [1.165, 1.54) is 6.08 Å². The molecule has 0 saturated heterocycles. The van der Waals surface area contributed by atoms with E-state index in [9.17, 15) is 18.7 Å². The van der Waals surface area contributed by atoms with Crippen LogP contribution < -0.4 is 4.74 Å². The van der Waals surface area contributed by atoms with Crippen LogP contribution >= 0.6 is 0 Å². The lowest BCUT2D eigenvalue weighted by Crippen LogP contribution is -2.45. The van der Waals surface area contributed by atoms with Gasteiger partial charge in [-0.3, -0.25) is 4.79 Å². The molecule has 0 heterocycles. The van der Waals surface area contributed by atoms with E-state index in [0.29, 0.717) is 37.9 Å². The number of allylic oxidation sites excluding steroid dienone is 2. The highest BCUT2D eigenvalue weighted by Gasteiger charge is 2.47. The quantitative estimate of drug-likeness (QED) is 0.108. The molecule has 1 aliphatic rings. The van der Waals surface area contributed by atoms with Gasteiger partial charge in [0.15, 0.2) is 14.9 Å². The van der Waals surface area contributed by atoms with Crippen LogP contribution in [0.25, 0.3) is 0 Å². The molecule has 0 amide bonds. The molecule has 0 aliphatic heterocycles. The Morgan fingerprint density at radius 2 is 1.82 bits per heavy atom. The smallest absolute Gasteiger partial charge is 0.306 e. The third-order valence-corrected chi connectivity index (χ3v) is 12.1. The predicted octanol–water partition coefficient (Wildman–Crippen LogP) is 7.71. The van der Waals surface area contributed by atoms with Gasteiger partial charge in [0.2, 0.25) is 0 Å². The zero-order valence-corrected chi connectivity index (χ0v) is 25.7. The van der Waals surface area contributed by atoms with Gasteiger partial charge in [0, 0.05) is 12.3 Å². The summed E-state index contributed by atoms with van der Waals surface area (Å²) in [6, 6.07) is 8.56. The Labute approximate surface area is 234 Å². The fraction of sp³-hybridized carbons (Fsp3) is 0.645. The molecule has 1 saturated carbocycles.